The quantitative estimate of drug-likeness (QED) is 0.883. The number of rotatable bonds is 5. The van der Waals surface area contributed by atoms with E-state index >= 15 is 0 Å². The number of aliphatic carboxylic acids is 1. The summed E-state index contributed by atoms with van der Waals surface area (Å²) in [5.74, 6) is -1.46. The van der Waals surface area contributed by atoms with Gasteiger partial charge in [0, 0.05) is 11.6 Å². The van der Waals surface area contributed by atoms with Gasteiger partial charge < -0.3 is 19.5 Å². The lowest BCUT2D eigenvalue weighted by atomic mass is 10.2. The van der Waals surface area contributed by atoms with Gasteiger partial charge in [-0.2, -0.15) is 0 Å². The van der Waals surface area contributed by atoms with Gasteiger partial charge in [0.2, 0.25) is 0 Å². The number of ether oxygens (including phenoxy) is 2. The maximum atomic E-state index is 12.3. The fraction of sp³-hybridized carbons (Fsp3) is 0.429. The Morgan fingerprint density at radius 1 is 1.29 bits per heavy atom. The zero-order valence-electron chi connectivity index (χ0n) is 11.3. The monoisotopic (exact) mass is 313 g/mol. The number of carboxylic acid groups (broad SMARTS) is 1. The van der Waals surface area contributed by atoms with Crippen LogP contribution in [0.4, 0.5) is 0 Å². The highest BCUT2D eigenvalue weighted by atomic mass is 35.5. The minimum Gasteiger partial charge on any atom is -0.480 e. The summed E-state index contributed by atoms with van der Waals surface area (Å²) in [6, 6.07) is 6.90. The highest BCUT2D eigenvalue weighted by Crippen LogP contribution is 2.13. The van der Waals surface area contributed by atoms with Gasteiger partial charge in [-0.3, -0.25) is 9.59 Å². The van der Waals surface area contributed by atoms with Crippen molar-refractivity contribution in [2.24, 2.45) is 0 Å². The minimum absolute atomic E-state index is 0.148. The SMILES string of the molecule is O=C(O)CN(Cc1ccc(Cl)cc1)C(=O)[C@@H]1COCCO1. The summed E-state index contributed by atoms with van der Waals surface area (Å²) < 4.78 is 10.5. The van der Waals surface area contributed by atoms with E-state index in [0.717, 1.165) is 5.56 Å². The van der Waals surface area contributed by atoms with Crippen molar-refractivity contribution >= 4 is 23.5 Å². The van der Waals surface area contributed by atoms with Gasteiger partial charge in [-0.15, -0.1) is 0 Å². The molecule has 0 aliphatic carbocycles. The molecule has 2 rings (SSSR count). The second-order valence-electron chi connectivity index (χ2n) is 4.65. The Kier molecular flexibility index (Phi) is 5.55. The Bertz CT molecular complexity index is 499. The van der Waals surface area contributed by atoms with Gasteiger partial charge in [-0.25, -0.2) is 0 Å². The van der Waals surface area contributed by atoms with E-state index in [9.17, 15) is 9.59 Å². The van der Waals surface area contributed by atoms with Crippen LogP contribution in [0.1, 0.15) is 5.56 Å². The summed E-state index contributed by atoms with van der Waals surface area (Å²) in [6.07, 6.45) is -0.745. The zero-order chi connectivity index (χ0) is 15.2. The molecule has 0 saturated carbocycles. The van der Waals surface area contributed by atoms with Crippen molar-refractivity contribution in [3.63, 3.8) is 0 Å². The molecule has 1 N–H and O–H groups in total. The van der Waals surface area contributed by atoms with E-state index in [1.54, 1.807) is 24.3 Å². The number of amides is 1. The molecule has 7 heteroatoms. The van der Waals surface area contributed by atoms with Crippen molar-refractivity contribution in [2.45, 2.75) is 12.6 Å². The molecular weight excluding hydrogens is 298 g/mol. The molecule has 1 heterocycles. The van der Waals surface area contributed by atoms with Crippen molar-refractivity contribution < 1.29 is 24.2 Å². The van der Waals surface area contributed by atoms with E-state index in [2.05, 4.69) is 0 Å². The topological polar surface area (TPSA) is 76.1 Å². The van der Waals surface area contributed by atoms with Crippen LogP contribution in [0, 0.1) is 0 Å². The third-order valence-electron chi connectivity index (χ3n) is 3.02. The first-order valence-electron chi connectivity index (χ1n) is 6.50. The van der Waals surface area contributed by atoms with Gasteiger partial charge in [0.1, 0.15) is 6.54 Å². The van der Waals surface area contributed by atoms with E-state index in [1.807, 2.05) is 0 Å². The third kappa shape index (κ3) is 4.70. The molecule has 1 amide bonds. The lowest BCUT2D eigenvalue weighted by molar-refractivity contribution is -0.162. The Morgan fingerprint density at radius 2 is 2.00 bits per heavy atom. The van der Waals surface area contributed by atoms with Crippen LogP contribution in [-0.2, 0) is 25.6 Å². The summed E-state index contributed by atoms with van der Waals surface area (Å²) in [5, 5.41) is 9.55. The van der Waals surface area contributed by atoms with Crippen LogP contribution in [0.2, 0.25) is 5.02 Å². The van der Waals surface area contributed by atoms with Gasteiger partial charge >= 0.3 is 5.97 Å². The molecule has 114 valence electrons. The maximum absolute atomic E-state index is 12.3. The largest absolute Gasteiger partial charge is 0.480 e. The van der Waals surface area contributed by atoms with Crippen LogP contribution >= 0.6 is 11.6 Å². The molecular formula is C14H16ClNO5. The molecule has 1 aromatic carbocycles. The molecule has 1 atom stereocenters. The first kappa shape index (κ1) is 15.8. The lowest BCUT2D eigenvalue weighted by Gasteiger charge is -2.28. The molecule has 1 aromatic rings. The second-order valence-corrected chi connectivity index (χ2v) is 5.09. The number of hydrogen-bond acceptors (Lipinski definition) is 4. The summed E-state index contributed by atoms with van der Waals surface area (Å²) in [5.41, 5.74) is 0.797. The molecule has 1 saturated heterocycles. The van der Waals surface area contributed by atoms with Crippen LogP contribution in [0.3, 0.4) is 0 Å². The summed E-state index contributed by atoms with van der Waals surface area (Å²) in [6.45, 7) is 0.719. The van der Waals surface area contributed by atoms with Gasteiger partial charge in [0.15, 0.2) is 6.10 Å². The zero-order valence-corrected chi connectivity index (χ0v) is 12.1. The van der Waals surface area contributed by atoms with Crippen molar-refractivity contribution in [1.82, 2.24) is 4.90 Å². The average molecular weight is 314 g/mol. The summed E-state index contributed by atoms with van der Waals surface area (Å²) in [4.78, 5) is 24.5. The molecule has 0 bridgehead atoms. The molecule has 0 radical (unpaired) electrons. The number of carbonyl (C=O) groups excluding carboxylic acids is 1. The maximum Gasteiger partial charge on any atom is 0.323 e. The highest BCUT2D eigenvalue weighted by Gasteiger charge is 2.28. The normalized spacial score (nSPS) is 18.2. The van der Waals surface area contributed by atoms with Crippen LogP contribution in [0.5, 0.6) is 0 Å². The van der Waals surface area contributed by atoms with E-state index in [-0.39, 0.29) is 25.6 Å². The molecule has 21 heavy (non-hydrogen) atoms. The number of carbonyl (C=O) groups is 2. The number of hydrogen-bond donors (Lipinski definition) is 1. The standard InChI is InChI=1S/C14H16ClNO5/c15-11-3-1-10(2-4-11)7-16(8-13(17)18)14(19)12-9-20-5-6-21-12/h1-4,12H,5-9H2,(H,17,18)/t12-/m0/s1. The Labute approximate surface area is 127 Å². The second kappa shape index (κ2) is 7.40. The van der Waals surface area contributed by atoms with Crippen molar-refractivity contribution in [3.05, 3.63) is 34.9 Å². The van der Waals surface area contributed by atoms with E-state index < -0.39 is 12.1 Å². The van der Waals surface area contributed by atoms with Gasteiger partial charge in [0.05, 0.1) is 19.8 Å². The molecule has 1 aliphatic rings. The lowest BCUT2D eigenvalue weighted by Crippen LogP contribution is -2.46. The van der Waals surface area contributed by atoms with E-state index in [4.69, 9.17) is 26.2 Å². The highest BCUT2D eigenvalue weighted by molar-refractivity contribution is 6.30. The molecule has 1 fully saturated rings. The fourth-order valence-corrected chi connectivity index (χ4v) is 2.15. The number of carboxylic acids is 1. The first-order chi connectivity index (χ1) is 10.1. The van der Waals surface area contributed by atoms with Gasteiger partial charge in [-0.1, -0.05) is 23.7 Å². The molecule has 6 nitrogen and oxygen atoms in total. The Balaban J connectivity index is 2.07. The van der Waals surface area contributed by atoms with E-state index in [1.165, 1.54) is 4.90 Å². The molecule has 0 aromatic heterocycles. The van der Waals surface area contributed by atoms with Gasteiger partial charge in [0.25, 0.3) is 5.91 Å². The Hall–Kier alpha value is -1.63. The minimum atomic E-state index is -1.07. The van der Waals surface area contributed by atoms with Crippen molar-refractivity contribution in [1.29, 1.82) is 0 Å². The summed E-state index contributed by atoms with van der Waals surface area (Å²) in [7, 11) is 0. The van der Waals surface area contributed by atoms with Crippen LogP contribution < -0.4 is 0 Å². The smallest absolute Gasteiger partial charge is 0.323 e. The Morgan fingerprint density at radius 3 is 2.57 bits per heavy atom. The number of benzene rings is 1. The number of nitrogens with zero attached hydrogens (tertiary/aromatic N) is 1. The molecule has 0 spiro atoms. The number of halogens is 1. The van der Waals surface area contributed by atoms with Gasteiger partial charge in [-0.05, 0) is 17.7 Å². The van der Waals surface area contributed by atoms with Crippen LogP contribution in [-0.4, -0.2) is 54.4 Å². The fourth-order valence-electron chi connectivity index (χ4n) is 2.02. The predicted octanol–water partition coefficient (Wildman–Crippen LogP) is 1.17. The third-order valence-corrected chi connectivity index (χ3v) is 3.27. The molecule has 1 aliphatic heterocycles. The summed E-state index contributed by atoms with van der Waals surface area (Å²) >= 11 is 5.81. The van der Waals surface area contributed by atoms with Crippen molar-refractivity contribution in [2.75, 3.05) is 26.4 Å². The molecule has 0 unspecified atom stereocenters. The first-order valence-corrected chi connectivity index (χ1v) is 6.88. The van der Waals surface area contributed by atoms with Crippen LogP contribution in [0.15, 0.2) is 24.3 Å². The van der Waals surface area contributed by atoms with Crippen LogP contribution in [0.25, 0.3) is 0 Å². The van der Waals surface area contributed by atoms with Crippen molar-refractivity contribution in [3.8, 4) is 0 Å². The average Bonchev–Trinajstić information content (AvgIpc) is 2.48. The van der Waals surface area contributed by atoms with E-state index in [0.29, 0.717) is 18.2 Å². The predicted molar refractivity (Wildman–Crippen MR) is 75.1 cm³/mol.